The zero-order valence-electron chi connectivity index (χ0n) is 18.8. The van der Waals surface area contributed by atoms with Gasteiger partial charge in [-0.05, 0) is 38.6 Å². The number of likely N-dealkylation sites (tertiary alicyclic amines) is 1. The van der Waals surface area contributed by atoms with Gasteiger partial charge in [0.25, 0.3) is 0 Å². The Morgan fingerprint density at radius 2 is 1.91 bits per heavy atom. The van der Waals surface area contributed by atoms with Gasteiger partial charge < -0.3 is 36.7 Å². The summed E-state index contributed by atoms with van der Waals surface area (Å²) in [5, 5.41) is 17.8. The Balaban J connectivity index is 1.68. The van der Waals surface area contributed by atoms with E-state index in [1.54, 1.807) is 0 Å². The van der Waals surface area contributed by atoms with Gasteiger partial charge in [0.2, 0.25) is 23.6 Å². The van der Waals surface area contributed by atoms with Crippen LogP contribution in [0.15, 0.2) is 12.5 Å². The lowest BCUT2D eigenvalue weighted by molar-refractivity contribution is -0.145. The highest BCUT2D eigenvalue weighted by molar-refractivity contribution is 5.94. The molecule has 0 radical (unpaired) electrons. The summed E-state index contributed by atoms with van der Waals surface area (Å²) in [6.45, 7) is 0.982. The van der Waals surface area contributed by atoms with Crippen LogP contribution in [0.5, 0.6) is 0 Å². The van der Waals surface area contributed by atoms with Crippen LogP contribution in [-0.2, 0) is 30.4 Å². The minimum Gasteiger partial charge on any atom is -0.480 e. The molecule has 4 atom stereocenters. The number of nitrogens with zero attached hydrogens (tertiary/aromatic N) is 2. The van der Waals surface area contributed by atoms with Gasteiger partial charge >= 0.3 is 5.97 Å². The molecule has 2 aliphatic rings. The van der Waals surface area contributed by atoms with Crippen molar-refractivity contribution in [2.45, 2.75) is 69.1 Å². The van der Waals surface area contributed by atoms with Crippen LogP contribution in [0.4, 0.5) is 0 Å². The molecule has 0 saturated carbocycles. The molecule has 3 heterocycles. The van der Waals surface area contributed by atoms with E-state index in [-0.39, 0.29) is 31.7 Å². The fraction of sp³-hybridized carbons (Fsp3) is 0.619. The van der Waals surface area contributed by atoms with E-state index in [2.05, 4.69) is 25.9 Å². The second kappa shape index (κ2) is 11.6. The van der Waals surface area contributed by atoms with E-state index in [9.17, 15) is 29.1 Å². The van der Waals surface area contributed by atoms with Gasteiger partial charge in [0.1, 0.15) is 18.1 Å². The lowest BCUT2D eigenvalue weighted by atomic mass is 10.1. The lowest BCUT2D eigenvalue weighted by Crippen LogP contribution is -2.57. The van der Waals surface area contributed by atoms with Gasteiger partial charge in [-0.15, -0.1) is 0 Å². The third kappa shape index (κ3) is 6.53. The Morgan fingerprint density at radius 3 is 2.53 bits per heavy atom. The molecular weight excluding hydrogens is 446 g/mol. The van der Waals surface area contributed by atoms with Crippen LogP contribution < -0.4 is 21.7 Å². The number of carbonyl (C=O) groups is 5. The monoisotopic (exact) mass is 477 g/mol. The van der Waals surface area contributed by atoms with Gasteiger partial charge in [0.05, 0.1) is 12.4 Å². The summed E-state index contributed by atoms with van der Waals surface area (Å²) < 4.78 is 0. The first kappa shape index (κ1) is 25.1. The van der Waals surface area contributed by atoms with Crippen molar-refractivity contribution >= 4 is 29.6 Å². The van der Waals surface area contributed by atoms with E-state index >= 15 is 0 Å². The minimum absolute atomic E-state index is 0.00736. The zero-order chi connectivity index (χ0) is 24.7. The van der Waals surface area contributed by atoms with Crippen LogP contribution in [0.3, 0.4) is 0 Å². The van der Waals surface area contributed by atoms with Crippen molar-refractivity contribution in [2.24, 2.45) is 5.73 Å². The van der Waals surface area contributed by atoms with Crippen molar-refractivity contribution < 1.29 is 29.1 Å². The SMILES string of the molecule is NC(=O)CCC(NC(=O)C1CCCN1)C(=O)N1CCCC1C(=O)NC(Cc1cnc[nH]1)C(=O)O. The Morgan fingerprint density at radius 1 is 1.15 bits per heavy atom. The largest absolute Gasteiger partial charge is 0.480 e. The standard InChI is InChI=1S/C21H31N7O6/c22-17(29)6-5-14(26-18(30)13-3-1-7-24-13)20(32)28-8-2-4-16(28)19(31)27-15(21(33)34)9-12-10-23-11-25-12/h10-11,13-16,24H,1-9H2,(H2,22,29)(H,23,25)(H,26,30)(H,27,31)(H,33,34). The third-order valence-corrected chi connectivity index (χ3v) is 6.10. The molecule has 34 heavy (non-hydrogen) atoms. The molecule has 0 bridgehead atoms. The fourth-order valence-corrected chi connectivity index (χ4v) is 4.31. The average molecular weight is 478 g/mol. The second-order valence-corrected chi connectivity index (χ2v) is 8.59. The highest BCUT2D eigenvalue weighted by Crippen LogP contribution is 2.20. The molecule has 13 nitrogen and oxygen atoms in total. The zero-order valence-corrected chi connectivity index (χ0v) is 18.8. The van der Waals surface area contributed by atoms with E-state index < -0.39 is 47.9 Å². The number of nitrogens with two attached hydrogens (primary N) is 1. The summed E-state index contributed by atoms with van der Waals surface area (Å²) >= 11 is 0. The van der Waals surface area contributed by atoms with E-state index in [0.29, 0.717) is 31.5 Å². The van der Waals surface area contributed by atoms with Crippen molar-refractivity contribution in [3.8, 4) is 0 Å². The van der Waals surface area contributed by atoms with Gasteiger partial charge in [0, 0.05) is 31.3 Å². The van der Waals surface area contributed by atoms with E-state index in [1.165, 1.54) is 17.4 Å². The fourth-order valence-electron chi connectivity index (χ4n) is 4.31. The first-order valence-electron chi connectivity index (χ1n) is 11.4. The Bertz CT molecular complexity index is 899. The number of aromatic amines is 1. The van der Waals surface area contributed by atoms with Crippen LogP contribution >= 0.6 is 0 Å². The van der Waals surface area contributed by atoms with E-state index in [1.807, 2.05) is 0 Å². The van der Waals surface area contributed by atoms with Crippen LogP contribution in [-0.4, -0.2) is 86.8 Å². The Labute approximate surface area is 196 Å². The van der Waals surface area contributed by atoms with Gasteiger partial charge in [-0.25, -0.2) is 9.78 Å². The Hall–Kier alpha value is -3.48. The number of rotatable bonds is 11. The average Bonchev–Trinajstić information content (AvgIpc) is 3.57. The molecule has 0 spiro atoms. The molecule has 2 aliphatic heterocycles. The summed E-state index contributed by atoms with van der Waals surface area (Å²) in [6.07, 6.45) is 5.18. The highest BCUT2D eigenvalue weighted by Gasteiger charge is 2.39. The molecule has 4 amide bonds. The highest BCUT2D eigenvalue weighted by atomic mass is 16.4. The number of carboxylic acids is 1. The topological polar surface area (TPSA) is 200 Å². The molecular formula is C21H31N7O6. The van der Waals surface area contributed by atoms with Crippen molar-refractivity contribution in [2.75, 3.05) is 13.1 Å². The summed E-state index contributed by atoms with van der Waals surface area (Å²) in [7, 11) is 0. The summed E-state index contributed by atoms with van der Waals surface area (Å²) in [5.74, 6) is -3.24. The van der Waals surface area contributed by atoms with Crippen molar-refractivity contribution in [3.63, 3.8) is 0 Å². The summed E-state index contributed by atoms with van der Waals surface area (Å²) in [4.78, 5) is 69.9. The number of H-pyrrole nitrogens is 1. The number of hydrogen-bond acceptors (Lipinski definition) is 7. The van der Waals surface area contributed by atoms with Gasteiger partial charge in [-0.2, -0.15) is 0 Å². The molecule has 4 unspecified atom stereocenters. The maximum absolute atomic E-state index is 13.3. The molecule has 186 valence electrons. The van der Waals surface area contributed by atoms with Gasteiger partial charge in [-0.1, -0.05) is 0 Å². The molecule has 1 aromatic heterocycles. The number of carbonyl (C=O) groups excluding carboxylic acids is 4. The predicted octanol–water partition coefficient (Wildman–Crippen LogP) is -1.99. The van der Waals surface area contributed by atoms with Crippen LogP contribution in [0, 0.1) is 0 Å². The molecule has 0 aromatic carbocycles. The number of primary amides is 1. The number of amides is 4. The number of nitrogens with one attached hydrogen (secondary N) is 4. The van der Waals surface area contributed by atoms with Gasteiger partial charge in [0.15, 0.2) is 0 Å². The van der Waals surface area contributed by atoms with Crippen molar-refractivity contribution in [3.05, 3.63) is 18.2 Å². The predicted molar refractivity (Wildman–Crippen MR) is 118 cm³/mol. The normalized spacial score (nSPS) is 21.6. The van der Waals surface area contributed by atoms with Crippen molar-refractivity contribution in [1.82, 2.24) is 30.8 Å². The number of imidazole rings is 1. The third-order valence-electron chi connectivity index (χ3n) is 6.10. The maximum atomic E-state index is 13.3. The number of carboxylic acid groups (broad SMARTS) is 1. The molecule has 2 fully saturated rings. The van der Waals surface area contributed by atoms with Crippen LogP contribution in [0.25, 0.3) is 0 Å². The molecule has 2 saturated heterocycles. The molecule has 1 aromatic rings. The summed E-state index contributed by atoms with van der Waals surface area (Å²) in [5.41, 5.74) is 5.79. The van der Waals surface area contributed by atoms with E-state index in [0.717, 1.165) is 6.42 Å². The first-order chi connectivity index (χ1) is 16.3. The number of hydrogen-bond donors (Lipinski definition) is 6. The van der Waals surface area contributed by atoms with E-state index in [4.69, 9.17) is 5.73 Å². The quantitative estimate of drug-likeness (QED) is 0.210. The minimum atomic E-state index is -1.21. The summed E-state index contributed by atoms with van der Waals surface area (Å²) in [6, 6.07) is -3.52. The Kier molecular flexibility index (Phi) is 8.57. The first-order valence-corrected chi connectivity index (χ1v) is 11.4. The van der Waals surface area contributed by atoms with Crippen LogP contribution in [0.2, 0.25) is 0 Å². The number of aromatic nitrogens is 2. The molecule has 13 heteroatoms. The molecule has 0 aliphatic carbocycles. The smallest absolute Gasteiger partial charge is 0.326 e. The molecule has 3 rings (SSSR count). The second-order valence-electron chi connectivity index (χ2n) is 8.59. The van der Waals surface area contributed by atoms with Gasteiger partial charge in [-0.3, -0.25) is 19.2 Å². The molecule has 7 N–H and O–H groups in total. The maximum Gasteiger partial charge on any atom is 0.326 e. The lowest BCUT2D eigenvalue weighted by Gasteiger charge is -2.30. The van der Waals surface area contributed by atoms with Crippen molar-refractivity contribution in [1.29, 1.82) is 0 Å². The number of aliphatic carboxylic acids is 1. The van der Waals surface area contributed by atoms with Crippen LogP contribution in [0.1, 0.15) is 44.2 Å².